The molecule has 9 heteroatoms. The van der Waals surface area contributed by atoms with Gasteiger partial charge in [-0.3, -0.25) is 4.79 Å². The monoisotopic (exact) mass is 431 g/mol. The number of carbonyl (C=O) groups excluding carboxylic acids is 1. The van der Waals surface area contributed by atoms with Crippen LogP contribution in [-0.4, -0.2) is 61.4 Å². The Morgan fingerprint density at radius 3 is 2.07 bits per heavy atom. The van der Waals surface area contributed by atoms with Crippen LogP contribution in [0.15, 0.2) is 29.4 Å². The number of hydrogen-bond acceptors (Lipinski definition) is 6. The van der Waals surface area contributed by atoms with Crippen molar-refractivity contribution in [3.8, 4) is 0 Å². The Labute approximate surface area is 178 Å². The molecule has 0 bridgehead atoms. The lowest BCUT2D eigenvalue weighted by atomic mass is 10.0. The summed E-state index contributed by atoms with van der Waals surface area (Å²) in [5.74, 6) is 0.408. The van der Waals surface area contributed by atoms with Crippen LogP contribution in [0.5, 0.6) is 0 Å². The first-order valence-corrected chi connectivity index (χ1v) is 11.5. The predicted molar refractivity (Wildman–Crippen MR) is 116 cm³/mol. The van der Waals surface area contributed by atoms with Crippen LogP contribution in [0.4, 0.5) is 5.95 Å². The lowest BCUT2D eigenvalue weighted by Gasteiger charge is -2.36. The fourth-order valence-corrected chi connectivity index (χ4v) is 5.59. The Kier molecular flexibility index (Phi) is 6.42. The molecule has 0 unspecified atom stereocenters. The van der Waals surface area contributed by atoms with Gasteiger partial charge in [0.1, 0.15) is 0 Å². The minimum atomic E-state index is -3.83. The maximum absolute atomic E-state index is 13.1. The quantitative estimate of drug-likeness (QED) is 0.775. The fraction of sp³-hybridized carbons (Fsp3) is 0.476. The molecule has 1 aliphatic rings. The maximum atomic E-state index is 13.1. The normalized spacial score (nSPS) is 15.9. The molecule has 162 valence electrons. The van der Waals surface area contributed by atoms with Crippen molar-refractivity contribution < 1.29 is 13.2 Å². The van der Waals surface area contributed by atoms with Crippen LogP contribution in [0, 0.1) is 27.7 Å². The van der Waals surface area contributed by atoms with Crippen LogP contribution in [0.1, 0.15) is 29.2 Å². The maximum Gasteiger partial charge on any atom is 0.241 e. The molecule has 1 saturated heterocycles. The number of amides is 1. The summed E-state index contributed by atoms with van der Waals surface area (Å²) in [6.07, 6.45) is 3.38. The summed E-state index contributed by atoms with van der Waals surface area (Å²) in [5.41, 5.74) is 3.25. The molecule has 2 aromatic rings. The first-order chi connectivity index (χ1) is 14.1. The molecule has 2 heterocycles. The number of aromatic nitrogens is 2. The van der Waals surface area contributed by atoms with Gasteiger partial charge in [-0.1, -0.05) is 6.07 Å². The van der Waals surface area contributed by atoms with E-state index in [1.54, 1.807) is 44.1 Å². The van der Waals surface area contributed by atoms with Crippen LogP contribution < -0.4 is 9.62 Å². The van der Waals surface area contributed by atoms with E-state index in [1.165, 1.54) is 0 Å². The summed E-state index contributed by atoms with van der Waals surface area (Å²) in [5, 5.41) is 0. The molecule has 1 N–H and O–H groups in total. The van der Waals surface area contributed by atoms with Crippen LogP contribution >= 0.6 is 0 Å². The fourth-order valence-electron chi connectivity index (χ4n) is 3.78. The SMILES string of the molecule is Cc1cc(C)c(C)c(S(=O)(=O)N[C@@H](C)C(=O)N2CCN(c3ncccn3)CC2)c1C. The Bertz CT molecular complexity index is 1010. The number of anilines is 1. The van der Waals surface area contributed by atoms with E-state index in [-0.39, 0.29) is 10.8 Å². The van der Waals surface area contributed by atoms with Crippen molar-refractivity contribution in [1.82, 2.24) is 19.6 Å². The third-order valence-electron chi connectivity index (χ3n) is 5.69. The topological polar surface area (TPSA) is 95.5 Å². The molecule has 8 nitrogen and oxygen atoms in total. The number of aryl methyl sites for hydroxylation is 2. The van der Waals surface area contributed by atoms with Crippen LogP contribution in [0.3, 0.4) is 0 Å². The Balaban J connectivity index is 1.69. The van der Waals surface area contributed by atoms with Gasteiger partial charge < -0.3 is 9.80 Å². The summed E-state index contributed by atoms with van der Waals surface area (Å²) in [6.45, 7) is 11.2. The Hall–Kier alpha value is -2.52. The van der Waals surface area contributed by atoms with E-state index in [0.717, 1.165) is 11.1 Å². The molecule has 30 heavy (non-hydrogen) atoms. The summed E-state index contributed by atoms with van der Waals surface area (Å²) >= 11 is 0. The summed E-state index contributed by atoms with van der Waals surface area (Å²) in [4.78, 5) is 25.4. The molecule has 1 aliphatic heterocycles. The van der Waals surface area contributed by atoms with Gasteiger partial charge in [-0.25, -0.2) is 18.4 Å². The zero-order valence-corrected chi connectivity index (χ0v) is 19.0. The van der Waals surface area contributed by atoms with Gasteiger partial charge >= 0.3 is 0 Å². The number of hydrogen-bond donors (Lipinski definition) is 1. The molecule has 1 aromatic heterocycles. The van der Waals surface area contributed by atoms with Gasteiger partial charge in [-0.15, -0.1) is 0 Å². The van der Waals surface area contributed by atoms with E-state index in [1.807, 2.05) is 24.8 Å². The zero-order chi connectivity index (χ0) is 22.1. The number of piperazine rings is 1. The van der Waals surface area contributed by atoms with E-state index in [0.29, 0.717) is 43.3 Å². The lowest BCUT2D eigenvalue weighted by molar-refractivity contribution is -0.132. The molecule has 0 saturated carbocycles. The highest BCUT2D eigenvalue weighted by molar-refractivity contribution is 7.89. The average Bonchev–Trinajstić information content (AvgIpc) is 2.72. The second-order valence-electron chi connectivity index (χ2n) is 7.79. The van der Waals surface area contributed by atoms with Crippen molar-refractivity contribution >= 4 is 21.9 Å². The highest BCUT2D eigenvalue weighted by Crippen LogP contribution is 2.26. The van der Waals surface area contributed by atoms with E-state index < -0.39 is 16.1 Å². The second kappa shape index (κ2) is 8.69. The van der Waals surface area contributed by atoms with E-state index in [4.69, 9.17) is 0 Å². The van der Waals surface area contributed by atoms with Gasteiger partial charge in [0.25, 0.3) is 0 Å². The summed E-state index contributed by atoms with van der Waals surface area (Å²) in [7, 11) is -3.83. The molecule has 1 fully saturated rings. The minimum absolute atomic E-state index is 0.230. The third kappa shape index (κ3) is 4.46. The number of nitrogens with one attached hydrogen (secondary N) is 1. The number of nitrogens with zero attached hydrogens (tertiary/aromatic N) is 4. The molecule has 0 spiro atoms. The summed E-state index contributed by atoms with van der Waals surface area (Å²) in [6, 6.07) is 2.89. The van der Waals surface area contributed by atoms with E-state index >= 15 is 0 Å². The van der Waals surface area contributed by atoms with Gasteiger partial charge in [0, 0.05) is 38.6 Å². The first kappa shape index (κ1) is 22.2. The number of rotatable bonds is 5. The highest BCUT2D eigenvalue weighted by Gasteiger charge is 2.30. The van der Waals surface area contributed by atoms with E-state index in [2.05, 4.69) is 14.7 Å². The zero-order valence-electron chi connectivity index (χ0n) is 18.1. The van der Waals surface area contributed by atoms with Gasteiger partial charge in [0.2, 0.25) is 21.9 Å². The first-order valence-electron chi connectivity index (χ1n) is 10.0. The largest absolute Gasteiger partial charge is 0.338 e. The number of benzene rings is 1. The van der Waals surface area contributed by atoms with Crippen LogP contribution in [0.2, 0.25) is 0 Å². The highest BCUT2D eigenvalue weighted by atomic mass is 32.2. The molecule has 1 atom stereocenters. The van der Waals surface area contributed by atoms with Crippen molar-refractivity contribution in [2.45, 2.75) is 45.6 Å². The molecular weight excluding hydrogens is 402 g/mol. The van der Waals surface area contributed by atoms with Crippen molar-refractivity contribution in [2.75, 3.05) is 31.1 Å². The number of sulfonamides is 1. The van der Waals surface area contributed by atoms with Crippen molar-refractivity contribution in [3.63, 3.8) is 0 Å². The van der Waals surface area contributed by atoms with Gasteiger partial charge in [0.05, 0.1) is 10.9 Å². The van der Waals surface area contributed by atoms with Crippen molar-refractivity contribution in [2.24, 2.45) is 0 Å². The summed E-state index contributed by atoms with van der Waals surface area (Å²) < 4.78 is 28.8. The van der Waals surface area contributed by atoms with Crippen molar-refractivity contribution in [1.29, 1.82) is 0 Å². The molecular formula is C21H29N5O3S. The molecule has 0 radical (unpaired) electrons. The Morgan fingerprint density at radius 1 is 1.00 bits per heavy atom. The molecule has 3 rings (SSSR count). The van der Waals surface area contributed by atoms with Crippen LogP contribution in [-0.2, 0) is 14.8 Å². The van der Waals surface area contributed by atoms with Gasteiger partial charge in [-0.05, 0) is 62.9 Å². The van der Waals surface area contributed by atoms with Crippen molar-refractivity contribution in [3.05, 3.63) is 46.8 Å². The standard InChI is InChI=1S/C21H29N5O3S/c1-14-13-15(2)17(4)19(16(14)3)30(28,29)24-18(5)20(27)25-9-11-26(12-10-25)21-22-7-6-8-23-21/h6-8,13,18,24H,9-12H2,1-5H3/t18-/m0/s1. The van der Waals surface area contributed by atoms with Crippen LogP contribution in [0.25, 0.3) is 0 Å². The minimum Gasteiger partial charge on any atom is -0.338 e. The average molecular weight is 432 g/mol. The molecule has 1 amide bonds. The van der Waals surface area contributed by atoms with E-state index in [9.17, 15) is 13.2 Å². The Morgan fingerprint density at radius 2 is 1.53 bits per heavy atom. The van der Waals surface area contributed by atoms with Gasteiger partial charge in [0.15, 0.2) is 0 Å². The van der Waals surface area contributed by atoms with Gasteiger partial charge in [-0.2, -0.15) is 4.72 Å². The molecule has 0 aliphatic carbocycles. The number of carbonyl (C=O) groups is 1. The molecule has 1 aromatic carbocycles. The lowest BCUT2D eigenvalue weighted by Crippen LogP contribution is -2.54. The third-order valence-corrected chi connectivity index (χ3v) is 7.51. The second-order valence-corrected chi connectivity index (χ2v) is 9.44. The smallest absolute Gasteiger partial charge is 0.241 e. The predicted octanol–water partition coefficient (Wildman–Crippen LogP) is 1.73.